The number of aromatic nitrogens is 2. The summed E-state index contributed by atoms with van der Waals surface area (Å²) in [6, 6.07) is 95.2. The van der Waals surface area contributed by atoms with Crippen molar-refractivity contribution < 1.29 is 0 Å². The summed E-state index contributed by atoms with van der Waals surface area (Å²) in [7, 11) is 0. The van der Waals surface area contributed by atoms with E-state index in [1.54, 1.807) is 0 Å². The maximum Gasteiger partial charge on any atom is 0.0593 e. The van der Waals surface area contributed by atoms with Crippen LogP contribution < -0.4 is 20.4 Å². The Labute approximate surface area is 424 Å². The smallest absolute Gasteiger partial charge is 0.0593 e. The second-order valence-corrected chi connectivity index (χ2v) is 19.4. The predicted octanol–water partition coefficient (Wildman–Crippen LogP) is 16.6. The Hall–Kier alpha value is -9.38. The molecule has 4 nitrogen and oxygen atoms in total. The lowest BCUT2D eigenvalue weighted by Crippen LogP contribution is -2.43. The number of anilines is 5. The third-order valence-corrected chi connectivity index (χ3v) is 15.1. The zero-order valence-corrected chi connectivity index (χ0v) is 40.4. The maximum absolute atomic E-state index is 2.57. The third kappa shape index (κ3) is 7.13. The van der Waals surface area contributed by atoms with Crippen LogP contribution in [0, 0.1) is 5.92 Å². The number of nitrogens with zero attached hydrogens (tertiary/aromatic N) is 4. The number of hydrogen-bond acceptors (Lipinski definition) is 2. The second-order valence-electron chi connectivity index (χ2n) is 19.4. The molecule has 0 amide bonds. The lowest BCUT2D eigenvalue weighted by Gasteiger charge is -2.37. The van der Waals surface area contributed by atoms with E-state index < -0.39 is 0 Å². The monoisotopic (exact) mass is 934 g/mol. The highest BCUT2D eigenvalue weighted by Gasteiger charge is 2.29. The van der Waals surface area contributed by atoms with Gasteiger partial charge in [0.15, 0.2) is 0 Å². The molecule has 0 bridgehead atoms. The Morgan fingerprint density at radius 2 is 0.822 bits per heavy atom. The molecule has 73 heavy (non-hydrogen) atoms. The lowest BCUT2D eigenvalue weighted by atomic mass is 9.92. The normalized spacial score (nSPS) is 14.3. The van der Waals surface area contributed by atoms with E-state index in [2.05, 4.69) is 299 Å². The molecule has 14 rings (SSSR count). The first-order chi connectivity index (χ1) is 36.1. The Kier molecular flexibility index (Phi) is 10.2. The minimum absolute atomic E-state index is 0.0487. The summed E-state index contributed by atoms with van der Waals surface area (Å²) < 4.78 is 4.81. The molecule has 346 valence electrons. The van der Waals surface area contributed by atoms with Crippen molar-refractivity contribution in [1.82, 2.24) is 9.13 Å². The fraction of sp³-hybridized carbons (Fsp3) is 0.0435. The highest BCUT2D eigenvalue weighted by molar-refractivity contribution is 6.11. The van der Waals surface area contributed by atoms with Crippen molar-refractivity contribution in [2.24, 2.45) is 5.92 Å². The van der Waals surface area contributed by atoms with Crippen LogP contribution >= 0.6 is 0 Å². The van der Waals surface area contributed by atoms with E-state index in [0.29, 0.717) is 0 Å². The van der Waals surface area contributed by atoms with Gasteiger partial charge in [0.05, 0.1) is 33.6 Å². The number of rotatable bonds is 9. The molecule has 13 aromatic rings. The lowest BCUT2D eigenvalue weighted by molar-refractivity contribution is 0.659. The summed E-state index contributed by atoms with van der Waals surface area (Å²) in [5.74, 6) is 0.193. The van der Waals surface area contributed by atoms with E-state index in [4.69, 9.17) is 0 Å². The second kappa shape index (κ2) is 17.5. The molecule has 2 heterocycles. The van der Waals surface area contributed by atoms with E-state index in [-0.39, 0.29) is 12.0 Å². The summed E-state index contributed by atoms with van der Waals surface area (Å²) in [6.07, 6.45) is 5.01. The zero-order valence-electron chi connectivity index (χ0n) is 40.4. The molecule has 2 aromatic heterocycles. The van der Waals surface area contributed by atoms with Crippen molar-refractivity contribution in [1.29, 1.82) is 0 Å². The molecule has 0 N–H and O–H groups in total. The molecule has 11 aromatic carbocycles. The van der Waals surface area contributed by atoms with Gasteiger partial charge in [-0.2, -0.15) is 0 Å². The average molecular weight is 935 g/mol. The quantitative estimate of drug-likeness (QED) is 0.143. The molecule has 2 atom stereocenters. The fourth-order valence-corrected chi connectivity index (χ4v) is 11.8. The highest BCUT2D eigenvalue weighted by atomic mass is 15.2. The van der Waals surface area contributed by atoms with Crippen molar-refractivity contribution in [3.63, 3.8) is 0 Å². The standard InChI is InChI=1S/C69H50N4/c1-47-44-69-62(60-29-13-15-31-66(60)73(69)53-24-6-3-7-25-53)46-68(47)72(64-33-17-21-51-19-9-11-27-58(51)64)55-40-36-49(37-41-55)48-34-38-54(39-35-48)70(63-32-16-20-50-18-8-10-26-57(50)63)56-42-43-67-61(45-56)59-28-12-14-30-65(59)71(67)52-22-4-2-5-23-52/h2-47,68H,1H3. The third-order valence-electron chi connectivity index (χ3n) is 15.1. The van der Waals surface area contributed by atoms with Crippen molar-refractivity contribution in [2.75, 3.05) is 9.80 Å². The Morgan fingerprint density at radius 1 is 0.342 bits per heavy atom. The van der Waals surface area contributed by atoms with Gasteiger partial charge in [-0.25, -0.2) is 0 Å². The van der Waals surface area contributed by atoms with Crippen LogP contribution in [0.3, 0.4) is 0 Å². The first-order valence-corrected chi connectivity index (χ1v) is 25.4. The molecular weight excluding hydrogens is 885 g/mol. The molecule has 0 spiro atoms. The largest absolute Gasteiger partial charge is 0.333 e. The van der Waals surface area contributed by atoms with E-state index in [1.165, 1.54) is 81.8 Å². The van der Waals surface area contributed by atoms with Crippen LogP contribution in [0.1, 0.15) is 6.92 Å². The SMILES string of the molecule is CC1C=c2c(c3ccccc3n2-c2ccccc2)=CC1N(c1ccc(-c2ccc(N(c3ccc4c(c3)c3ccccc3n4-c3ccccc3)c3cccc4ccccc34)cc2)cc1)c1cccc2ccccc12. The van der Waals surface area contributed by atoms with E-state index in [9.17, 15) is 0 Å². The molecule has 0 saturated carbocycles. The number of para-hydroxylation sites is 4. The van der Waals surface area contributed by atoms with Crippen molar-refractivity contribution in [3.05, 3.63) is 271 Å². The van der Waals surface area contributed by atoms with E-state index in [1.807, 2.05) is 0 Å². The first-order valence-electron chi connectivity index (χ1n) is 25.4. The Bertz CT molecular complexity index is 4330. The number of hydrogen-bond donors (Lipinski definition) is 0. The van der Waals surface area contributed by atoms with Gasteiger partial charge in [0.2, 0.25) is 0 Å². The fourth-order valence-electron chi connectivity index (χ4n) is 11.8. The van der Waals surface area contributed by atoms with Gasteiger partial charge in [-0.05, 0) is 113 Å². The topological polar surface area (TPSA) is 16.3 Å². The van der Waals surface area contributed by atoms with Crippen LogP contribution in [0.15, 0.2) is 261 Å². The Balaban J connectivity index is 0.869. The molecule has 0 radical (unpaired) electrons. The van der Waals surface area contributed by atoms with Gasteiger partial charge in [0, 0.05) is 72.2 Å². The molecule has 1 aliphatic rings. The summed E-state index contributed by atoms with van der Waals surface area (Å²) >= 11 is 0. The number of fused-ring (bicyclic) bond motifs is 8. The average Bonchev–Trinajstić information content (AvgIpc) is 3.96. The molecule has 0 aliphatic heterocycles. The minimum Gasteiger partial charge on any atom is -0.333 e. The summed E-state index contributed by atoms with van der Waals surface area (Å²) in [5.41, 5.74) is 13.9. The van der Waals surface area contributed by atoms with Gasteiger partial charge in [-0.3, -0.25) is 0 Å². The first kappa shape index (κ1) is 42.5. The minimum atomic E-state index is 0.0487. The van der Waals surface area contributed by atoms with E-state index in [0.717, 1.165) is 34.0 Å². The van der Waals surface area contributed by atoms with Gasteiger partial charge in [0.25, 0.3) is 0 Å². The number of benzene rings is 11. The Morgan fingerprint density at radius 3 is 1.48 bits per heavy atom. The zero-order chi connectivity index (χ0) is 48.4. The van der Waals surface area contributed by atoms with Crippen LogP contribution in [-0.2, 0) is 0 Å². The van der Waals surface area contributed by atoms with Gasteiger partial charge in [-0.1, -0.05) is 189 Å². The van der Waals surface area contributed by atoms with Crippen LogP contribution in [0.25, 0.3) is 88.9 Å². The van der Waals surface area contributed by atoms with Crippen molar-refractivity contribution in [2.45, 2.75) is 13.0 Å². The summed E-state index contributed by atoms with van der Waals surface area (Å²) in [6.45, 7) is 2.37. The molecule has 0 saturated heterocycles. The molecule has 2 unspecified atom stereocenters. The van der Waals surface area contributed by atoms with Crippen LogP contribution in [0.4, 0.5) is 28.4 Å². The van der Waals surface area contributed by atoms with E-state index >= 15 is 0 Å². The highest BCUT2D eigenvalue weighted by Crippen LogP contribution is 2.43. The molecule has 1 aliphatic carbocycles. The summed E-state index contributed by atoms with van der Waals surface area (Å²) in [4.78, 5) is 5.00. The van der Waals surface area contributed by atoms with Crippen LogP contribution in [-0.4, -0.2) is 15.2 Å². The van der Waals surface area contributed by atoms with Crippen molar-refractivity contribution in [3.8, 4) is 22.5 Å². The predicted molar refractivity (Wildman–Crippen MR) is 309 cm³/mol. The van der Waals surface area contributed by atoms with Crippen LogP contribution in [0.2, 0.25) is 0 Å². The molecule has 4 heteroatoms. The van der Waals surface area contributed by atoms with Crippen molar-refractivity contribution >= 4 is 94.8 Å². The molecular formula is C69H50N4. The van der Waals surface area contributed by atoms with Gasteiger partial charge in [-0.15, -0.1) is 0 Å². The maximum atomic E-state index is 2.57. The van der Waals surface area contributed by atoms with Gasteiger partial charge < -0.3 is 18.9 Å². The summed E-state index contributed by atoms with van der Waals surface area (Å²) in [5, 5.41) is 11.1. The molecule has 0 fully saturated rings. The van der Waals surface area contributed by atoms with Gasteiger partial charge in [0.1, 0.15) is 0 Å². The van der Waals surface area contributed by atoms with Crippen LogP contribution in [0.5, 0.6) is 0 Å². The van der Waals surface area contributed by atoms with Gasteiger partial charge >= 0.3 is 0 Å².